The molecule has 0 radical (unpaired) electrons. The van der Waals surface area contributed by atoms with Crippen molar-refractivity contribution in [2.24, 2.45) is 11.7 Å². The molecule has 1 aromatic carbocycles. The Morgan fingerprint density at radius 2 is 2.11 bits per heavy atom. The molecule has 2 heteroatoms. The Kier molecular flexibility index (Phi) is 4.62. The summed E-state index contributed by atoms with van der Waals surface area (Å²) < 4.78 is 13.5. The molecule has 1 aromatic rings. The van der Waals surface area contributed by atoms with Crippen molar-refractivity contribution in [3.8, 4) is 0 Å². The molecule has 2 rings (SSSR count). The second-order valence-electron chi connectivity index (χ2n) is 6.20. The van der Waals surface area contributed by atoms with E-state index in [2.05, 4.69) is 6.92 Å². The Morgan fingerprint density at radius 3 is 2.84 bits per heavy atom. The van der Waals surface area contributed by atoms with E-state index >= 15 is 0 Å². The zero-order valence-corrected chi connectivity index (χ0v) is 12.2. The summed E-state index contributed by atoms with van der Waals surface area (Å²) in [6.07, 6.45) is 8.15. The van der Waals surface area contributed by atoms with Gasteiger partial charge in [-0.2, -0.15) is 0 Å². The van der Waals surface area contributed by atoms with Crippen LogP contribution in [-0.2, 0) is 5.54 Å². The monoisotopic (exact) mass is 263 g/mol. The number of halogens is 1. The van der Waals surface area contributed by atoms with E-state index in [-0.39, 0.29) is 11.4 Å². The predicted octanol–water partition coefficient (Wildman–Crippen LogP) is 4.67. The molecule has 0 aliphatic heterocycles. The predicted molar refractivity (Wildman–Crippen MR) is 78.5 cm³/mol. The molecular weight excluding hydrogens is 237 g/mol. The lowest BCUT2D eigenvalue weighted by Crippen LogP contribution is -2.37. The summed E-state index contributed by atoms with van der Waals surface area (Å²) in [4.78, 5) is 0. The molecule has 0 saturated heterocycles. The molecule has 1 fully saturated rings. The quantitative estimate of drug-likeness (QED) is 0.788. The number of benzene rings is 1. The molecule has 2 N–H and O–H groups in total. The Hall–Kier alpha value is -0.890. The van der Waals surface area contributed by atoms with Crippen LogP contribution in [0.2, 0.25) is 0 Å². The van der Waals surface area contributed by atoms with Gasteiger partial charge in [-0.05, 0) is 55.4 Å². The molecule has 106 valence electrons. The van der Waals surface area contributed by atoms with Gasteiger partial charge in [0.2, 0.25) is 0 Å². The highest BCUT2D eigenvalue weighted by molar-refractivity contribution is 5.33. The summed E-state index contributed by atoms with van der Waals surface area (Å²) in [6.45, 7) is 4.29. The van der Waals surface area contributed by atoms with Crippen LogP contribution < -0.4 is 5.73 Å². The van der Waals surface area contributed by atoms with E-state index in [1.54, 1.807) is 6.07 Å². The fourth-order valence-electron chi connectivity index (χ4n) is 3.53. The zero-order chi connectivity index (χ0) is 13.9. The second kappa shape index (κ2) is 6.04. The minimum Gasteiger partial charge on any atom is -0.321 e. The zero-order valence-electron chi connectivity index (χ0n) is 12.2. The standard InChI is InChI=1S/C17H26FN/c1-3-5-14-6-4-10-17(19,11-9-14)16-12-15(18)8-7-13(16)2/h7-8,12,14H,3-6,9-11,19H2,1-2H3. The maximum absolute atomic E-state index is 13.5. The smallest absolute Gasteiger partial charge is 0.123 e. The van der Waals surface area contributed by atoms with E-state index < -0.39 is 0 Å². The highest BCUT2D eigenvalue weighted by Crippen LogP contribution is 2.38. The van der Waals surface area contributed by atoms with Crippen LogP contribution in [-0.4, -0.2) is 0 Å². The Morgan fingerprint density at radius 1 is 1.32 bits per heavy atom. The van der Waals surface area contributed by atoms with Crippen LogP contribution in [0.4, 0.5) is 4.39 Å². The van der Waals surface area contributed by atoms with Crippen LogP contribution in [0, 0.1) is 18.7 Å². The van der Waals surface area contributed by atoms with E-state index in [1.807, 2.05) is 13.0 Å². The van der Waals surface area contributed by atoms with Crippen molar-refractivity contribution < 1.29 is 4.39 Å². The molecular formula is C17H26FN. The third kappa shape index (κ3) is 3.36. The fourth-order valence-corrected chi connectivity index (χ4v) is 3.53. The highest BCUT2D eigenvalue weighted by Gasteiger charge is 2.32. The van der Waals surface area contributed by atoms with E-state index in [9.17, 15) is 4.39 Å². The number of hydrogen-bond acceptors (Lipinski definition) is 1. The SMILES string of the molecule is CCCC1CCCC(N)(c2cc(F)ccc2C)CC1. The maximum atomic E-state index is 13.5. The fraction of sp³-hybridized carbons (Fsp3) is 0.647. The van der Waals surface area contributed by atoms with Gasteiger partial charge in [-0.15, -0.1) is 0 Å². The van der Waals surface area contributed by atoms with Gasteiger partial charge < -0.3 is 5.73 Å². The Bertz CT molecular complexity index is 429. The number of hydrogen-bond donors (Lipinski definition) is 1. The van der Waals surface area contributed by atoms with E-state index in [0.29, 0.717) is 0 Å². The average molecular weight is 263 g/mol. The van der Waals surface area contributed by atoms with Crippen molar-refractivity contribution in [3.05, 3.63) is 35.1 Å². The molecule has 2 unspecified atom stereocenters. The van der Waals surface area contributed by atoms with Crippen LogP contribution in [0.5, 0.6) is 0 Å². The topological polar surface area (TPSA) is 26.0 Å². The van der Waals surface area contributed by atoms with Crippen molar-refractivity contribution in [1.29, 1.82) is 0 Å². The van der Waals surface area contributed by atoms with Crippen molar-refractivity contribution in [1.82, 2.24) is 0 Å². The first kappa shape index (κ1) is 14.5. The van der Waals surface area contributed by atoms with Gasteiger partial charge in [0, 0.05) is 5.54 Å². The lowest BCUT2D eigenvalue weighted by molar-refractivity contribution is 0.364. The normalized spacial score (nSPS) is 28.1. The van der Waals surface area contributed by atoms with Crippen LogP contribution in [0.15, 0.2) is 18.2 Å². The summed E-state index contributed by atoms with van der Waals surface area (Å²) in [7, 11) is 0. The molecule has 1 aliphatic carbocycles. The summed E-state index contributed by atoms with van der Waals surface area (Å²) in [6, 6.07) is 5.03. The van der Waals surface area contributed by atoms with Crippen molar-refractivity contribution in [2.75, 3.05) is 0 Å². The number of nitrogens with two attached hydrogens (primary N) is 1. The Labute approximate surface area is 116 Å². The first-order chi connectivity index (χ1) is 9.05. The van der Waals surface area contributed by atoms with Crippen LogP contribution in [0.3, 0.4) is 0 Å². The third-order valence-corrected chi connectivity index (χ3v) is 4.67. The molecule has 1 nitrogen and oxygen atoms in total. The first-order valence-corrected chi connectivity index (χ1v) is 7.60. The van der Waals surface area contributed by atoms with Gasteiger partial charge in [-0.25, -0.2) is 4.39 Å². The highest BCUT2D eigenvalue weighted by atomic mass is 19.1. The van der Waals surface area contributed by atoms with Crippen LogP contribution >= 0.6 is 0 Å². The van der Waals surface area contributed by atoms with Crippen molar-refractivity contribution in [2.45, 2.75) is 64.3 Å². The average Bonchev–Trinajstić information content (AvgIpc) is 2.56. The Balaban J connectivity index is 2.20. The van der Waals surface area contributed by atoms with E-state index in [1.165, 1.54) is 31.7 Å². The molecule has 0 spiro atoms. The van der Waals surface area contributed by atoms with Crippen molar-refractivity contribution in [3.63, 3.8) is 0 Å². The third-order valence-electron chi connectivity index (χ3n) is 4.67. The molecule has 0 amide bonds. The van der Waals surface area contributed by atoms with E-state index in [0.717, 1.165) is 36.3 Å². The second-order valence-corrected chi connectivity index (χ2v) is 6.20. The summed E-state index contributed by atoms with van der Waals surface area (Å²) >= 11 is 0. The maximum Gasteiger partial charge on any atom is 0.123 e. The lowest BCUT2D eigenvalue weighted by atomic mass is 9.81. The number of aryl methyl sites for hydroxylation is 1. The van der Waals surface area contributed by atoms with Gasteiger partial charge in [0.25, 0.3) is 0 Å². The summed E-state index contributed by atoms with van der Waals surface area (Å²) in [5.41, 5.74) is 8.46. The number of rotatable bonds is 3. The van der Waals surface area contributed by atoms with Crippen LogP contribution in [0.1, 0.15) is 63.0 Å². The molecule has 1 saturated carbocycles. The van der Waals surface area contributed by atoms with Gasteiger partial charge in [0.1, 0.15) is 5.82 Å². The first-order valence-electron chi connectivity index (χ1n) is 7.60. The van der Waals surface area contributed by atoms with Crippen LogP contribution in [0.25, 0.3) is 0 Å². The molecule has 0 heterocycles. The molecule has 1 aliphatic rings. The van der Waals surface area contributed by atoms with Crippen molar-refractivity contribution >= 4 is 0 Å². The van der Waals surface area contributed by atoms with E-state index in [4.69, 9.17) is 5.73 Å². The largest absolute Gasteiger partial charge is 0.321 e. The van der Waals surface area contributed by atoms with Gasteiger partial charge in [0.05, 0.1) is 0 Å². The van der Waals surface area contributed by atoms with Gasteiger partial charge in [-0.1, -0.05) is 38.7 Å². The minimum atomic E-state index is -0.325. The molecule has 19 heavy (non-hydrogen) atoms. The summed E-state index contributed by atoms with van der Waals surface area (Å²) in [5.74, 6) is 0.643. The molecule has 2 atom stereocenters. The summed E-state index contributed by atoms with van der Waals surface area (Å²) in [5, 5.41) is 0. The van der Waals surface area contributed by atoms with Gasteiger partial charge in [-0.3, -0.25) is 0 Å². The van der Waals surface area contributed by atoms with Gasteiger partial charge in [0.15, 0.2) is 0 Å². The minimum absolute atomic E-state index is 0.167. The lowest BCUT2D eigenvalue weighted by Gasteiger charge is -2.30. The molecule has 0 aromatic heterocycles. The molecule has 0 bridgehead atoms. The van der Waals surface area contributed by atoms with Gasteiger partial charge >= 0.3 is 0 Å².